The molecule has 0 bridgehead atoms. The average molecular weight is 278 g/mol. The minimum atomic E-state index is -3.48. The van der Waals surface area contributed by atoms with Crippen LogP contribution in [0.25, 0.3) is 0 Å². The molecule has 1 fully saturated rings. The van der Waals surface area contributed by atoms with Crippen LogP contribution in [0.3, 0.4) is 0 Å². The summed E-state index contributed by atoms with van der Waals surface area (Å²) < 4.78 is 27.8. The van der Waals surface area contributed by atoms with Gasteiger partial charge in [-0.2, -0.15) is 12.7 Å². The van der Waals surface area contributed by atoms with E-state index in [1.165, 1.54) is 4.31 Å². The molecule has 0 saturated carbocycles. The summed E-state index contributed by atoms with van der Waals surface area (Å²) in [7, 11) is -3.48. The highest BCUT2D eigenvalue weighted by atomic mass is 32.2. The Hall–Kier alpha value is -0.660. The molecule has 0 amide bonds. The molecule has 0 aromatic carbocycles. The monoisotopic (exact) mass is 278 g/mol. The van der Waals surface area contributed by atoms with E-state index in [0.29, 0.717) is 19.4 Å². The van der Waals surface area contributed by atoms with Gasteiger partial charge in [-0.3, -0.25) is 4.79 Å². The van der Waals surface area contributed by atoms with E-state index in [0.717, 1.165) is 0 Å². The van der Waals surface area contributed by atoms with E-state index in [4.69, 9.17) is 5.11 Å². The van der Waals surface area contributed by atoms with E-state index in [1.807, 2.05) is 20.8 Å². The van der Waals surface area contributed by atoms with Gasteiger partial charge in [-0.25, -0.2) is 4.72 Å². The summed E-state index contributed by atoms with van der Waals surface area (Å²) in [6, 6.07) is 0. The molecule has 18 heavy (non-hydrogen) atoms. The van der Waals surface area contributed by atoms with Gasteiger partial charge in [-0.1, -0.05) is 20.8 Å². The number of nitrogens with zero attached hydrogens (tertiary/aromatic N) is 1. The van der Waals surface area contributed by atoms with E-state index < -0.39 is 22.1 Å². The summed E-state index contributed by atoms with van der Waals surface area (Å²) in [5.41, 5.74) is -0.119. The fourth-order valence-electron chi connectivity index (χ4n) is 1.74. The summed E-state index contributed by atoms with van der Waals surface area (Å²) in [4.78, 5) is 10.8. The van der Waals surface area contributed by atoms with Crippen molar-refractivity contribution in [3.05, 3.63) is 0 Å². The number of aliphatic carboxylic acids is 1. The van der Waals surface area contributed by atoms with Crippen LogP contribution in [0.1, 0.15) is 33.6 Å². The second-order valence-corrected chi connectivity index (χ2v) is 7.65. The van der Waals surface area contributed by atoms with Gasteiger partial charge in [0.25, 0.3) is 10.2 Å². The maximum Gasteiger partial charge on any atom is 0.306 e. The Labute approximate surface area is 109 Å². The first-order chi connectivity index (χ1) is 8.12. The van der Waals surface area contributed by atoms with Crippen molar-refractivity contribution in [2.75, 3.05) is 19.6 Å². The van der Waals surface area contributed by atoms with E-state index in [2.05, 4.69) is 4.72 Å². The Balaban J connectivity index is 2.53. The molecule has 0 aromatic rings. The molecular formula is C11H22N2O4S. The maximum absolute atomic E-state index is 12.0. The van der Waals surface area contributed by atoms with Crippen LogP contribution in [0.2, 0.25) is 0 Å². The summed E-state index contributed by atoms with van der Waals surface area (Å²) in [5.74, 6) is -1.26. The third-order valence-electron chi connectivity index (χ3n) is 2.93. The highest BCUT2D eigenvalue weighted by Crippen LogP contribution is 2.19. The van der Waals surface area contributed by atoms with Crippen LogP contribution >= 0.6 is 0 Å². The molecule has 1 rings (SSSR count). The van der Waals surface area contributed by atoms with Gasteiger partial charge in [-0.05, 0) is 18.3 Å². The van der Waals surface area contributed by atoms with E-state index in [1.54, 1.807) is 0 Å². The van der Waals surface area contributed by atoms with Crippen molar-refractivity contribution in [3.8, 4) is 0 Å². The van der Waals surface area contributed by atoms with Gasteiger partial charge in [0.2, 0.25) is 0 Å². The Bertz CT molecular complexity index is 392. The molecule has 0 spiro atoms. The SMILES string of the molecule is CC(C)(C)CNS(=O)(=O)N1CCC(C(=O)O)CC1. The van der Waals surface area contributed by atoms with Crippen molar-refractivity contribution in [1.29, 1.82) is 0 Å². The van der Waals surface area contributed by atoms with Gasteiger partial charge in [0, 0.05) is 19.6 Å². The van der Waals surface area contributed by atoms with Crippen LogP contribution in [0.4, 0.5) is 0 Å². The van der Waals surface area contributed by atoms with Gasteiger partial charge >= 0.3 is 5.97 Å². The lowest BCUT2D eigenvalue weighted by atomic mass is 9.98. The van der Waals surface area contributed by atoms with Crippen LogP contribution in [-0.4, -0.2) is 43.4 Å². The van der Waals surface area contributed by atoms with Crippen LogP contribution in [0.15, 0.2) is 0 Å². The number of carboxylic acids is 1. The van der Waals surface area contributed by atoms with Crippen molar-refractivity contribution in [1.82, 2.24) is 9.03 Å². The Morgan fingerprint density at radius 2 is 1.83 bits per heavy atom. The standard InChI is InChI=1S/C11H22N2O4S/c1-11(2,3)8-12-18(16,17)13-6-4-9(5-7-13)10(14)15/h9,12H,4-8H2,1-3H3,(H,14,15). The molecule has 0 unspecified atom stereocenters. The number of carbonyl (C=O) groups is 1. The quantitative estimate of drug-likeness (QED) is 0.791. The summed E-state index contributed by atoms with van der Waals surface area (Å²) in [6.07, 6.45) is 0.761. The lowest BCUT2D eigenvalue weighted by molar-refractivity contribution is -0.142. The fourth-order valence-corrected chi connectivity index (χ4v) is 3.23. The molecule has 7 heteroatoms. The van der Waals surface area contributed by atoms with Crippen molar-refractivity contribution in [2.24, 2.45) is 11.3 Å². The number of carboxylic acid groups (broad SMARTS) is 1. The minimum Gasteiger partial charge on any atom is -0.481 e. The van der Waals surface area contributed by atoms with E-state index in [9.17, 15) is 13.2 Å². The fraction of sp³-hybridized carbons (Fsp3) is 0.909. The largest absolute Gasteiger partial charge is 0.481 e. The summed E-state index contributed by atoms with van der Waals surface area (Å²) in [6.45, 7) is 6.77. The first-order valence-corrected chi connectivity index (χ1v) is 7.53. The summed E-state index contributed by atoms with van der Waals surface area (Å²) in [5, 5.41) is 8.85. The van der Waals surface area contributed by atoms with Crippen molar-refractivity contribution < 1.29 is 18.3 Å². The molecular weight excluding hydrogens is 256 g/mol. The molecule has 1 saturated heterocycles. The number of rotatable bonds is 4. The summed E-state index contributed by atoms with van der Waals surface area (Å²) >= 11 is 0. The number of hydrogen-bond acceptors (Lipinski definition) is 3. The molecule has 0 aromatic heterocycles. The Kier molecular flexibility index (Phi) is 4.74. The maximum atomic E-state index is 12.0. The van der Waals surface area contributed by atoms with Crippen molar-refractivity contribution in [3.63, 3.8) is 0 Å². The molecule has 1 heterocycles. The lowest BCUT2D eigenvalue weighted by Crippen LogP contribution is -2.47. The average Bonchev–Trinajstić information content (AvgIpc) is 2.26. The van der Waals surface area contributed by atoms with Crippen molar-refractivity contribution in [2.45, 2.75) is 33.6 Å². The second kappa shape index (κ2) is 5.54. The zero-order chi connectivity index (χ0) is 14.0. The van der Waals surface area contributed by atoms with Crippen molar-refractivity contribution >= 4 is 16.2 Å². The highest BCUT2D eigenvalue weighted by Gasteiger charge is 2.31. The molecule has 106 valence electrons. The van der Waals surface area contributed by atoms with Crippen LogP contribution in [-0.2, 0) is 15.0 Å². The van der Waals surface area contributed by atoms with E-state index in [-0.39, 0.29) is 18.5 Å². The number of nitrogens with one attached hydrogen (secondary N) is 1. The lowest BCUT2D eigenvalue weighted by Gasteiger charge is -2.30. The van der Waals surface area contributed by atoms with Crippen LogP contribution < -0.4 is 4.72 Å². The van der Waals surface area contributed by atoms with Crippen LogP contribution in [0.5, 0.6) is 0 Å². The first kappa shape index (κ1) is 15.4. The topological polar surface area (TPSA) is 86.7 Å². The smallest absolute Gasteiger partial charge is 0.306 e. The van der Waals surface area contributed by atoms with Gasteiger partial charge in [0.05, 0.1) is 5.92 Å². The number of hydrogen-bond donors (Lipinski definition) is 2. The Morgan fingerprint density at radius 3 is 2.22 bits per heavy atom. The molecule has 1 aliphatic heterocycles. The third-order valence-corrected chi connectivity index (χ3v) is 4.48. The number of piperidine rings is 1. The minimum absolute atomic E-state index is 0.119. The Morgan fingerprint density at radius 1 is 1.33 bits per heavy atom. The molecule has 0 aliphatic carbocycles. The molecule has 2 N–H and O–H groups in total. The van der Waals surface area contributed by atoms with Gasteiger partial charge < -0.3 is 5.11 Å². The molecule has 6 nitrogen and oxygen atoms in total. The van der Waals surface area contributed by atoms with Gasteiger partial charge in [0.1, 0.15) is 0 Å². The molecule has 1 aliphatic rings. The normalized spacial score (nSPS) is 19.9. The molecule has 0 radical (unpaired) electrons. The predicted molar refractivity (Wildman–Crippen MR) is 68.3 cm³/mol. The molecule has 0 atom stereocenters. The van der Waals surface area contributed by atoms with Gasteiger partial charge in [0.15, 0.2) is 0 Å². The first-order valence-electron chi connectivity index (χ1n) is 6.09. The van der Waals surface area contributed by atoms with Crippen LogP contribution in [0, 0.1) is 11.3 Å². The third kappa shape index (κ3) is 4.55. The second-order valence-electron chi connectivity index (χ2n) is 5.90. The zero-order valence-corrected chi connectivity index (χ0v) is 12.0. The van der Waals surface area contributed by atoms with E-state index >= 15 is 0 Å². The van der Waals surface area contributed by atoms with Gasteiger partial charge in [-0.15, -0.1) is 0 Å². The zero-order valence-electron chi connectivity index (χ0n) is 11.1. The highest BCUT2D eigenvalue weighted by molar-refractivity contribution is 7.87. The predicted octanol–water partition coefficient (Wildman–Crippen LogP) is 0.664.